The Morgan fingerprint density at radius 1 is 1.11 bits per heavy atom. The number of quaternary nitrogens is 1. The first-order chi connectivity index (χ1) is 17.4. The van der Waals surface area contributed by atoms with Crippen LogP contribution in [0.5, 0.6) is 0 Å². The highest BCUT2D eigenvalue weighted by Crippen LogP contribution is 2.40. The minimum Gasteiger partial charge on any atom is -0.503 e. The maximum Gasteiger partial charge on any atom is 0.290 e. The first-order valence-electron chi connectivity index (χ1n) is 12.4. The van der Waals surface area contributed by atoms with Crippen LogP contribution >= 0.6 is 0 Å². The van der Waals surface area contributed by atoms with Crippen molar-refractivity contribution < 1.29 is 28.7 Å². The van der Waals surface area contributed by atoms with Gasteiger partial charge in [0.15, 0.2) is 11.5 Å². The molecule has 1 fully saturated rings. The molecule has 2 N–H and O–H groups in total. The van der Waals surface area contributed by atoms with Crippen molar-refractivity contribution >= 4 is 28.3 Å². The lowest BCUT2D eigenvalue weighted by atomic mass is 9.94. The molecular weight excluding hydrogens is 458 g/mol. The van der Waals surface area contributed by atoms with Gasteiger partial charge in [0, 0.05) is 38.1 Å². The zero-order chi connectivity index (χ0) is 25.2. The number of ketones is 1. The molecule has 0 saturated carbocycles. The highest BCUT2D eigenvalue weighted by Gasteiger charge is 2.44. The summed E-state index contributed by atoms with van der Waals surface area (Å²) in [7, 11) is 3.91. The van der Waals surface area contributed by atoms with Gasteiger partial charge in [-0.25, -0.2) is 0 Å². The number of carbonyl (C=O) groups excluding carboxylic acids is 2. The van der Waals surface area contributed by atoms with Crippen LogP contribution in [0, 0.1) is 0 Å². The SMILES string of the molecule is CN(C)c1ccc([C@H]2C(C(=O)c3cc4ccccc4o3)=C(O)C(=O)N2CCC[NH+]2CCOCC2)cc1. The van der Waals surface area contributed by atoms with Gasteiger partial charge in [0.2, 0.25) is 5.78 Å². The monoisotopic (exact) mass is 490 g/mol. The van der Waals surface area contributed by atoms with Crippen LogP contribution in [0.1, 0.15) is 28.6 Å². The Labute approximate surface area is 210 Å². The van der Waals surface area contributed by atoms with Crippen LogP contribution in [0.3, 0.4) is 0 Å². The summed E-state index contributed by atoms with van der Waals surface area (Å²) >= 11 is 0. The van der Waals surface area contributed by atoms with Gasteiger partial charge in [-0.2, -0.15) is 0 Å². The van der Waals surface area contributed by atoms with Crippen molar-refractivity contribution in [3.8, 4) is 0 Å². The van der Waals surface area contributed by atoms with Crippen LogP contribution in [-0.2, 0) is 9.53 Å². The number of aliphatic hydroxyl groups is 1. The summed E-state index contributed by atoms with van der Waals surface area (Å²) in [6.45, 7) is 4.72. The van der Waals surface area contributed by atoms with Gasteiger partial charge in [-0.1, -0.05) is 30.3 Å². The molecule has 1 amide bonds. The predicted octanol–water partition coefficient (Wildman–Crippen LogP) is 2.38. The van der Waals surface area contributed by atoms with E-state index in [0.29, 0.717) is 12.1 Å². The number of Topliss-reactive ketones (excluding diaryl/α,β-unsaturated/α-hetero) is 1. The van der Waals surface area contributed by atoms with Crippen molar-refractivity contribution in [1.29, 1.82) is 0 Å². The predicted molar refractivity (Wildman–Crippen MR) is 136 cm³/mol. The van der Waals surface area contributed by atoms with Gasteiger partial charge >= 0.3 is 0 Å². The number of carbonyl (C=O) groups is 2. The first kappa shape index (κ1) is 24.1. The van der Waals surface area contributed by atoms with Crippen molar-refractivity contribution in [2.24, 2.45) is 0 Å². The number of fused-ring (bicyclic) bond motifs is 1. The molecular formula is C28H32N3O5+. The van der Waals surface area contributed by atoms with Crippen molar-refractivity contribution in [3.63, 3.8) is 0 Å². The number of rotatable bonds is 8. The fourth-order valence-electron chi connectivity index (χ4n) is 5.05. The lowest BCUT2D eigenvalue weighted by Gasteiger charge is -2.28. The number of anilines is 1. The molecule has 0 aliphatic carbocycles. The van der Waals surface area contributed by atoms with Crippen molar-refractivity contribution in [3.05, 3.63) is 77.3 Å². The molecule has 3 aromatic rings. The summed E-state index contributed by atoms with van der Waals surface area (Å²) in [6, 6.07) is 16.1. The zero-order valence-electron chi connectivity index (χ0n) is 20.7. The van der Waals surface area contributed by atoms with E-state index in [9.17, 15) is 14.7 Å². The second-order valence-corrected chi connectivity index (χ2v) is 9.59. The van der Waals surface area contributed by atoms with E-state index < -0.39 is 23.5 Å². The normalized spacial score (nSPS) is 18.9. The molecule has 5 rings (SSSR count). The van der Waals surface area contributed by atoms with Gasteiger partial charge in [-0.3, -0.25) is 9.59 Å². The third-order valence-electron chi connectivity index (χ3n) is 7.05. The number of benzene rings is 2. The molecule has 1 saturated heterocycles. The largest absolute Gasteiger partial charge is 0.503 e. The second kappa shape index (κ2) is 10.2. The standard InChI is InChI=1S/C28H31N3O5/c1-29(2)21-10-8-19(9-11-21)25-24(26(32)23-18-20-6-3-4-7-22(20)36-23)27(33)28(34)31(25)13-5-12-30-14-16-35-17-15-30/h3-4,6-11,18,25,33H,5,12-17H2,1-2H3/p+1/t25-/m0/s1. The second-order valence-electron chi connectivity index (χ2n) is 9.59. The minimum absolute atomic E-state index is 0.0652. The van der Waals surface area contributed by atoms with Crippen molar-refractivity contribution in [2.45, 2.75) is 12.5 Å². The third kappa shape index (κ3) is 4.62. The molecule has 0 spiro atoms. The van der Waals surface area contributed by atoms with Gasteiger partial charge in [0.05, 0.1) is 31.4 Å². The van der Waals surface area contributed by atoms with E-state index in [1.807, 2.05) is 61.5 Å². The lowest BCUT2D eigenvalue weighted by Crippen LogP contribution is -3.14. The van der Waals surface area contributed by atoms with Crippen LogP contribution in [0.25, 0.3) is 11.0 Å². The number of amides is 1. The summed E-state index contributed by atoms with van der Waals surface area (Å²) in [5.74, 6) is -1.38. The molecule has 2 aliphatic heterocycles. The lowest BCUT2D eigenvalue weighted by molar-refractivity contribution is -0.908. The Bertz CT molecular complexity index is 1260. The average Bonchev–Trinajstić information content (AvgIpc) is 3.44. The number of nitrogens with one attached hydrogen (secondary N) is 1. The number of furan rings is 1. The molecule has 0 bridgehead atoms. The van der Waals surface area contributed by atoms with Crippen molar-refractivity contribution in [1.82, 2.24) is 4.90 Å². The van der Waals surface area contributed by atoms with Gasteiger partial charge in [0.1, 0.15) is 18.7 Å². The average molecular weight is 491 g/mol. The molecule has 1 atom stereocenters. The Kier molecular flexibility index (Phi) is 6.80. The summed E-state index contributed by atoms with van der Waals surface area (Å²) in [4.78, 5) is 32.0. The Hall–Kier alpha value is -3.62. The molecule has 36 heavy (non-hydrogen) atoms. The maximum atomic E-state index is 13.7. The van der Waals surface area contributed by atoms with Crippen LogP contribution < -0.4 is 9.80 Å². The van der Waals surface area contributed by atoms with Gasteiger partial charge in [-0.15, -0.1) is 0 Å². The number of hydrogen-bond donors (Lipinski definition) is 2. The molecule has 8 heteroatoms. The van der Waals surface area contributed by atoms with Crippen molar-refractivity contribution in [2.75, 3.05) is 58.4 Å². The highest BCUT2D eigenvalue weighted by atomic mass is 16.5. The first-order valence-corrected chi connectivity index (χ1v) is 12.4. The Morgan fingerprint density at radius 2 is 1.83 bits per heavy atom. The molecule has 2 aliphatic rings. The van der Waals surface area contributed by atoms with Crippen LogP contribution in [0.2, 0.25) is 0 Å². The van der Waals surface area contributed by atoms with Gasteiger partial charge in [-0.05, 0) is 29.8 Å². The molecule has 1 aromatic heterocycles. The Balaban J connectivity index is 1.46. The number of ether oxygens (including phenoxy) is 1. The number of para-hydroxylation sites is 1. The van der Waals surface area contributed by atoms with Gasteiger partial charge < -0.3 is 29.0 Å². The molecule has 188 valence electrons. The maximum absolute atomic E-state index is 13.7. The number of hydrogen-bond acceptors (Lipinski definition) is 6. The fourth-order valence-corrected chi connectivity index (χ4v) is 5.05. The van der Waals surface area contributed by atoms with E-state index in [1.165, 1.54) is 4.90 Å². The molecule has 0 radical (unpaired) electrons. The summed E-state index contributed by atoms with van der Waals surface area (Å²) in [5.41, 5.74) is 2.43. The Morgan fingerprint density at radius 3 is 2.53 bits per heavy atom. The fraction of sp³-hybridized carbons (Fsp3) is 0.357. The highest BCUT2D eigenvalue weighted by molar-refractivity contribution is 6.16. The summed E-state index contributed by atoms with van der Waals surface area (Å²) in [5, 5.41) is 11.7. The smallest absolute Gasteiger partial charge is 0.290 e. The van der Waals surface area contributed by atoms with E-state index >= 15 is 0 Å². The summed E-state index contributed by atoms with van der Waals surface area (Å²) in [6.07, 6.45) is 0.757. The number of morpholine rings is 1. The molecule has 8 nitrogen and oxygen atoms in total. The van der Waals surface area contributed by atoms with Crippen LogP contribution in [-0.4, -0.2) is 75.2 Å². The van der Waals surface area contributed by atoms with Gasteiger partial charge in [0.25, 0.3) is 5.91 Å². The minimum atomic E-state index is -0.686. The molecule has 2 aromatic carbocycles. The quantitative estimate of drug-likeness (QED) is 0.472. The third-order valence-corrected chi connectivity index (χ3v) is 7.05. The zero-order valence-corrected chi connectivity index (χ0v) is 20.7. The van der Waals surface area contributed by atoms with E-state index in [0.717, 1.165) is 55.9 Å². The number of aliphatic hydroxyl groups excluding tert-OH is 1. The number of nitrogens with zero attached hydrogens (tertiary/aromatic N) is 2. The van der Waals surface area contributed by atoms with E-state index in [4.69, 9.17) is 9.15 Å². The topological polar surface area (TPSA) is 87.7 Å². The van der Waals surface area contributed by atoms with Crippen LogP contribution in [0.15, 0.2) is 70.3 Å². The van der Waals surface area contributed by atoms with E-state index in [-0.39, 0.29) is 11.3 Å². The molecule has 0 unspecified atom stereocenters. The van der Waals surface area contributed by atoms with E-state index in [1.54, 1.807) is 17.0 Å². The molecule has 3 heterocycles. The van der Waals surface area contributed by atoms with Crippen LogP contribution in [0.4, 0.5) is 5.69 Å². The summed E-state index contributed by atoms with van der Waals surface area (Å²) < 4.78 is 11.3. The van der Waals surface area contributed by atoms with E-state index in [2.05, 4.69) is 0 Å².